The number of methoxy groups -OCH3 is 1. The number of benzene rings is 2. The van der Waals surface area contributed by atoms with Crippen LogP contribution < -0.4 is 0 Å². The van der Waals surface area contributed by atoms with Crippen LogP contribution in [0.4, 0.5) is 4.79 Å². The topological polar surface area (TPSA) is 66.8 Å². The number of hydrogen-bond acceptors (Lipinski definition) is 3. The van der Waals surface area contributed by atoms with Gasteiger partial charge in [-0.2, -0.15) is 0 Å². The largest absolute Gasteiger partial charge is 0.480 e. The second-order valence-electron chi connectivity index (χ2n) is 8.82. The minimum atomic E-state index is -1.01. The fourth-order valence-electron chi connectivity index (χ4n) is 4.25. The normalized spacial score (nSPS) is 14.0. The molecule has 0 fully saturated rings. The number of hydrogen-bond donors (Lipinski definition) is 1. The van der Waals surface area contributed by atoms with Gasteiger partial charge in [0.25, 0.3) is 0 Å². The van der Waals surface area contributed by atoms with Gasteiger partial charge in [-0.25, -0.2) is 9.59 Å². The number of quaternary nitrogens is 1. The molecule has 0 aromatic heterocycles. The van der Waals surface area contributed by atoms with Gasteiger partial charge in [-0.05, 0) is 41.5 Å². The van der Waals surface area contributed by atoms with Crippen molar-refractivity contribution in [3.63, 3.8) is 0 Å². The fraction of sp³-hybridized carbons (Fsp3) is 0.417. The van der Waals surface area contributed by atoms with Crippen molar-refractivity contribution in [3.8, 4) is 11.1 Å². The first-order chi connectivity index (χ1) is 14.2. The van der Waals surface area contributed by atoms with Gasteiger partial charge in [-0.3, -0.25) is 4.90 Å². The van der Waals surface area contributed by atoms with Gasteiger partial charge >= 0.3 is 12.1 Å². The molecule has 0 radical (unpaired) electrons. The van der Waals surface area contributed by atoms with E-state index in [4.69, 9.17) is 4.74 Å². The van der Waals surface area contributed by atoms with Crippen LogP contribution in [0.25, 0.3) is 11.1 Å². The summed E-state index contributed by atoms with van der Waals surface area (Å²) in [6.07, 6.45) is 1.37. The number of fused-ring (bicyclic) bond motifs is 3. The number of carbonyl (C=O) groups excluding carboxylic acids is 1. The van der Waals surface area contributed by atoms with Crippen LogP contribution in [-0.4, -0.2) is 67.4 Å². The highest BCUT2D eigenvalue weighted by molar-refractivity contribution is 5.85. The molecule has 1 aliphatic carbocycles. The van der Waals surface area contributed by atoms with E-state index in [0.717, 1.165) is 46.1 Å². The molecule has 3 rings (SSSR count). The molecule has 6 heteroatoms. The maximum absolute atomic E-state index is 12.9. The Bertz CT molecular complexity index is 874. The van der Waals surface area contributed by atoms with Crippen LogP contribution in [0, 0.1) is 0 Å². The minimum Gasteiger partial charge on any atom is -0.480 e. The van der Waals surface area contributed by atoms with Crippen LogP contribution in [0.3, 0.4) is 0 Å². The Kier molecular flexibility index (Phi) is 6.46. The zero-order chi connectivity index (χ0) is 21.9. The Morgan fingerprint density at radius 1 is 1.00 bits per heavy atom. The van der Waals surface area contributed by atoms with Crippen molar-refractivity contribution in [2.75, 3.05) is 34.8 Å². The summed E-state index contributed by atoms with van der Waals surface area (Å²) in [4.78, 5) is 26.6. The monoisotopic (exact) mass is 411 g/mol. The first-order valence-electron chi connectivity index (χ1n) is 10.3. The van der Waals surface area contributed by atoms with Crippen molar-refractivity contribution in [2.24, 2.45) is 0 Å². The van der Waals surface area contributed by atoms with Gasteiger partial charge < -0.3 is 14.3 Å². The molecular formula is C24H31N2O4+. The Morgan fingerprint density at radius 3 is 2.00 bits per heavy atom. The van der Waals surface area contributed by atoms with Crippen LogP contribution in [0.5, 0.6) is 0 Å². The molecule has 160 valence electrons. The number of aliphatic carboxylic acids is 1. The summed E-state index contributed by atoms with van der Waals surface area (Å²) in [5.74, 6) is -1.01. The first-order valence-corrected chi connectivity index (χ1v) is 10.3. The van der Waals surface area contributed by atoms with E-state index in [-0.39, 0.29) is 0 Å². The number of carboxylic acids is 1. The Morgan fingerprint density at radius 2 is 1.53 bits per heavy atom. The summed E-state index contributed by atoms with van der Waals surface area (Å²) in [7, 11) is 7.64. The molecule has 0 heterocycles. The van der Waals surface area contributed by atoms with E-state index in [2.05, 4.69) is 21.1 Å². The van der Waals surface area contributed by atoms with Gasteiger partial charge in [0, 0.05) is 0 Å². The third kappa shape index (κ3) is 4.49. The third-order valence-corrected chi connectivity index (χ3v) is 5.64. The van der Waals surface area contributed by atoms with Gasteiger partial charge in [-0.15, -0.1) is 0 Å². The molecule has 0 unspecified atom stereocenters. The van der Waals surface area contributed by atoms with Crippen LogP contribution in [-0.2, 0) is 9.53 Å². The molecule has 0 bridgehead atoms. The van der Waals surface area contributed by atoms with E-state index in [1.807, 2.05) is 48.5 Å². The molecule has 1 amide bonds. The summed E-state index contributed by atoms with van der Waals surface area (Å²) < 4.78 is 5.89. The molecule has 1 atom stereocenters. The lowest BCUT2D eigenvalue weighted by molar-refractivity contribution is -0.870. The number of carboxylic acid groups (broad SMARTS) is 1. The van der Waals surface area contributed by atoms with Crippen molar-refractivity contribution >= 4 is 12.1 Å². The molecule has 2 aromatic rings. The zero-order valence-electron chi connectivity index (χ0n) is 18.2. The molecule has 1 aliphatic rings. The Labute approximate surface area is 178 Å². The van der Waals surface area contributed by atoms with Crippen molar-refractivity contribution in [1.29, 1.82) is 0 Å². The maximum Gasteiger partial charge on any atom is 0.411 e. The summed E-state index contributed by atoms with van der Waals surface area (Å²) in [6, 6.07) is 14.3. The third-order valence-electron chi connectivity index (χ3n) is 5.64. The molecule has 0 aliphatic heterocycles. The molecule has 1 N–H and O–H groups in total. The Balaban J connectivity index is 1.97. The van der Waals surface area contributed by atoms with Gasteiger partial charge in [0.05, 0.1) is 40.8 Å². The number of carbonyl (C=O) groups is 2. The first kappa shape index (κ1) is 21.8. The van der Waals surface area contributed by atoms with Gasteiger partial charge in [0.1, 0.15) is 6.04 Å². The second-order valence-corrected chi connectivity index (χ2v) is 8.82. The lowest BCUT2D eigenvalue weighted by Gasteiger charge is -2.34. The predicted octanol–water partition coefficient (Wildman–Crippen LogP) is 4.15. The molecule has 0 saturated carbocycles. The molecule has 6 nitrogen and oxygen atoms in total. The summed E-state index contributed by atoms with van der Waals surface area (Å²) >= 11 is 0. The molecule has 30 heavy (non-hydrogen) atoms. The summed E-state index contributed by atoms with van der Waals surface area (Å²) in [5, 5.41) is 10.1. The van der Waals surface area contributed by atoms with Gasteiger partial charge in [0.15, 0.2) is 0 Å². The van der Waals surface area contributed by atoms with E-state index in [0.29, 0.717) is 6.42 Å². The number of ether oxygens (including phenoxy) is 1. The van der Waals surface area contributed by atoms with Crippen molar-refractivity contribution in [3.05, 3.63) is 59.7 Å². The van der Waals surface area contributed by atoms with E-state index in [1.54, 1.807) is 0 Å². The fourth-order valence-corrected chi connectivity index (χ4v) is 4.25. The second kappa shape index (κ2) is 8.88. The van der Waals surface area contributed by atoms with Crippen LogP contribution in [0.1, 0.15) is 36.4 Å². The SMILES string of the molecule is COC(=O)N(C1c2ccccc2-c2ccccc21)[C@@H](CCCC[N+](C)(C)C)C(=O)O. The van der Waals surface area contributed by atoms with Crippen molar-refractivity contribution in [1.82, 2.24) is 4.90 Å². The van der Waals surface area contributed by atoms with Gasteiger partial charge in [-0.1, -0.05) is 48.5 Å². The van der Waals surface area contributed by atoms with E-state index in [1.165, 1.54) is 12.0 Å². The lowest BCUT2D eigenvalue weighted by atomic mass is 9.99. The Hall–Kier alpha value is -2.86. The highest BCUT2D eigenvalue weighted by Gasteiger charge is 2.41. The smallest absolute Gasteiger partial charge is 0.411 e. The quantitative estimate of drug-likeness (QED) is 0.523. The van der Waals surface area contributed by atoms with Crippen LogP contribution >= 0.6 is 0 Å². The van der Waals surface area contributed by atoms with E-state index in [9.17, 15) is 14.7 Å². The average Bonchev–Trinajstić information content (AvgIpc) is 3.03. The summed E-state index contributed by atoms with van der Waals surface area (Å²) in [5.41, 5.74) is 3.92. The van der Waals surface area contributed by atoms with Crippen molar-refractivity contribution in [2.45, 2.75) is 31.3 Å². The maximum atomic E-state index is 12.9. The standard InChI is InChI=1S/C24H30N2O4/c1-26(2,3)16-10-9-15-21(23(27)28)25(24(29)30-4)22-19-13-7-5-11-17(19)18-12-6-8-14-20(18)22/h5-8,11-14,21-22H,9-10,15-16H2,1-4H3/p+1/t21-/m0/s1. The highest BCUT2D eigenvalue weighted by Crippen LogP contribution is 2.47. The number of amides is 1. The molecule has 0 spiro atoms. The highest BCUT2D eigenvalue weighted by atomic mass is 16.5. The van der Waals surface area contributed by atoms with Crippen LogP contribution in [0.2, 0.25) is 0 Å². The average molecular weight is 412 g/mol. The molecular weight excluding hydrogens is 380 g/mol. The van der Waals surface area contributed by atoms with E-state index < -0.39 is 24.1 Å². The zero-order valence-corrected chi connectivity index (χ0v) is 18.2. The molecule has 2 aromatic carbocycles. The summed E-state index contributed by atoms with van der Waals surface area (Å²) in [6.45, 7) is 0.944. The van der Waals surface area contributed by atoms with E-state index >= 15 is 0 Å². The predicted molar refractivity (Wildman–Crippen MR) is 116 cm³/mol. The number of rotatable bonds is 8. The molecule has 0 saturated heterocycles. The minimum absolute atomic E-state index is 0.380. The lowest BCUT2D eigenvalue weighted by Crippen LogP contribution is -2.47. The number of unbranched alkanes of at least 4 members (excludes halogenated alkanes) is 1. The number of nitrogens with zero attached hydrogens (tertiary/aromatic N) is 2. The van der Waals surface area contributed by atoms with Gasteiger partial charge in [0.2, 0.25) is 0 Å². The van der Waals surface area contributed by atoms with Crippen LogP contribution in [0.15, 0.2) is 48.5 Å². The van der Waals surface area contributed by atoms with Crippen molar-refractivity contribution < 1.29 is 23.9 Å².